The van der Waals surface area contributed by atoms with E-state index in [2.05, 4.69) is 13.8 Å². The summed E-state index contributed by atoms with van der Waals surface area (Å²) >= 11 is 0. The van der Waals surface area contributed by atoms with E-state index in [0.29, 0.717) is 12.5 Å². The maximum Gasteiger partial charge on any atom is 0.326 e. The van der Waals surface area contributed by atoms with Crippen LogP contribution in [0, 0.1) is 11.8 Å². The Kier molecular flexibility index (Phi) is 3.72. The van der Waals surface area contributed by atoms with E-state index in [1.807, 2.05) is 0 Å². The van der Waals surface area contributed by atoms with Crippen molar-refractivity contribution in [2.24, 2.45) is 11.8 Å². The summed E-state index contributed by atoms with van der Waals surface area (Å²) in [6, 6.07) is -0.685. The largest absolute Gasteiger partial charge is 0.480 e. The SMILES string of the molecule is CC(C)CC1CCN(C(C)C(=O)O)C1=O. The summed E-state index contributed by atoms with van der Waals surface area (Å²) in [5.74, 6) is -0.391. The van der Waals surface area contributed by atoms with E-state index in [1.54, 1.807) is 6.92 Å². The molecule has 86 valence electrons. The van der Waals surface area contributed by atoms with Gasteiger partial charge < -0.3 is 10.0 Å². The van der Waals surface area contributed by atoms with Gasteiger partial charge in [-0.3, -0.25) is 4.79 Å². The average Bonchev–Trinajstić information content (AvgIpc) is 2.46. The van der Waals surface area contributed by atoms with Crippen molar-refractivity contribution in [2.75, 3.05) is 6.54 Å². The maximum atomic E-state index is 11.8. The maximum absolute atomic E-state index is 11.8. The zero-order chi connectivity index (χ0) is 11.6. The van der Waals surface area contributed by atoms with Crippen molar-refractivity contribution >= 4 is 11.9 Å². The van der Waals surface area contributed by atoms with Crippen molar-refractivity contribution < 1.29 is 14.7 Å². The van der Waals surface area contributed by atoms with Gasteiger partial charge in [0.1, 0.15) is 6.04 Å². The molecule has 1 aliphatic rings. The van der Waals surface area contributed by atoms with E-state index in [4.69, 9.17) is 5.11 Å². The van der Waals surface area contributed by atoms with Gasteiger partial charge in [0.2, 0.25) is 5.91 Å². The first-order chi connectivity index (χ1) is 6.93. The van der Waals surface area contributed by atoms with Gasteiger partial charge in [-0.25, -0.2) is 4.79 Å². The topological polar surface area (TPSA) is 57.6 Å². The molecule has 0 aliphatic carbocycles. The molecule has 0 saturated carbocycles. The van der Waals surface area contributed by atoms with Gasteiger partial charge in [-0.05, 0) is 25.7 Å². The molecule has 4 nitrogen and oxygen atoms in total. The molecule has 0 radical (unpaired) electrons. The predicted molar refractivity (Wildman–Crippen MR) is 56.4 cm³/mol. The normalized spacial score (nSPS) is 23.6. The highest BCUT2D eigenvalue weighted by molar-refractivity contribution is 5.86. The second-order valence-corrected chi connectivity index (χ2v) is 4.66. The van der Waals surface area contributed by atoms with Crippen LogP contribution in [0.3, 0.4) is 0 Å². The molecular weight excluding hydrogens is 194 g/mol. The molecule has 1 heterocycles. The molecular formula is C11H19NO3. The summed E-state index contributed by atoms with van der Waals surface area (Å²) in [5, 5.41) is 8.83. The number of carboxylic acids is 1. The predicted octanol–water partition coefficient (Wildman–Crippen LogP) is 1.35. The van der Waals surface area contributed by atoms with E-state index in [1.165, 1.54) is 4.90 Å². The van der Waals surface area contributed by atoms with E-state index in [9.17, 15) is 9.59 Å². The Labute approximate surface area is 90.3 Å². The second-order valence-electron chi connectivity index (χ2n) is 4.66. The lowest BCUT2D eigenvalue weighted by atomic mass is 9.96. The molecule has 0 aromatic rings. The lowest BCUT2D eigenvalue weighted by molar-refractivity contribution is -0.148. The van der Waals surface area contributed by atoms with E-state index in [0.717, 1.165) is 12.8 Å². The molecule has 2 unspecified atom stereocenters. The zero-order valence-electron chi connectivity index (χ0n) is 9.56. The molecule has 1 amide bonds. The van der Waals surface area contributed by atoms with Crippen LogP contribution in [-0.4, -0.2) is 34.5 Å². The Morgan fingerprint density at radius 3 is 2.60 bits per heavy atom. The number of carbonyl (C=O) groups is 2. The number of aliphatic carboxylic acids is 1. The van der Waals surface area contributed by atoms with Gasteiger partial charge in [0.05, 0.1) is 0 Å². The van der Waals surface area contributed by atoms with Crippen LogP contribution in [0.2, 0.25) is 0 Å². The molecule has 1 aliphatic heterocycles. The first-order valence-corrected chi connectivity index (χ1v) is 5.46. The first kappa shape index (κ1) is 12.0. The summed E-state index contributed by atoms with van der Waals surface area (Å²) in [4.78, 5) is 24.1. The number of likely N-dealkylation sites (tertiary alicyclic amines) is 1. The zero-order valence-corrected chi connectivity index (χ0v) is 9.56. The summed E-state index contributed by atoms with van der Waals surface area (Å²) in [6.07, 6.45) is 1.66. The highest BCUT2D eigenvalue weighted by atomic mass is 16.4. The van der Waals surface area contributed by atoms with Crippen LogP contribution < -0.4 is 0 Å². The third kappa shape index (κ3) is 2.70. The van der Waals surface area contributed by atoms with Crippen LogP contribution in [0.5, 0.6) is 0 Å². The van der Waals surface area contributed by atoms with Gasteiger partial charge in [0.15, 0.2) is 0 Å². The molecule has 2 atom stereocenters. The number of carboxylic acid groups (broad SMARTS) is 1. The summed E-state index contributed by atoms with van der Waals surface area (Å²) in [6.45, 7) is 6.31. The second kappa shape index (κ2) is 4.64. The molecule has 15 heavy (non-hydrogen) atoms. The van der Waals surface area contributed by atoms with Crippen molar-refractivity contribution in [2.45, 2.75) is 39.7 Å². The quantitative estimate of drug-likeness (QED) is 0.767. The van der Waals surface area contributed by atoms with E-state index >= 15 is 0 Å². The van der Waals surface area contributed by atoms with E-state index in [-0.39, 0.29) is 11.8 Å². The Morgan fingerprint density at radius 2 is 2.13 bits per heavy atom. The van der Waals surface area contributed by atoms with Crippen LogP contribution >= 0.6 is 0 Å². The third-order valence-electron chi connectivity index (χ3n) is 2.93. The lowest BCUT2D eigenvalue weighted by Gasteiger charge is -2.21. The lowest BCUT2D eigenvalue weighted by Crippen LogP contribution is -2.40. The minimum Gasteiger partial charge on any atom is -0.480 e. The van der Waals surface area contributed by atoms with Crippen molar-refractivity contribution in [1.82, 2.24) is 4.90 Å². The van der Waals surface area contributed by atoms with Crippen molar-refractivity contribution in [3.8, 4) is 0 Å². The Hall–Kier alpha value is -1.06. The molecule has 0 aromatic heterocycles. The minimum atomic E-state index is -0.923. The van der Waals surface area contributed by atoms with Gasteiger partial charge >= 0.3 is 5.97 Å². The van der Waals surface area contributed by atoms with Gasteiger partial charge in [-0.1, -0.05) is 13.8 Å². The third-order valence-corrected chi connectivity index (χ3v) is 2.93. The summed E-state index contributed by atoms with van der Waals surface area (Å²) < 4.78 is 0. The van der Waals surface area contributed by atoms with Crippen LogP contribution in [0.1, 0.15) is 33.6 Å². The Morgan fingerprint density at radius 1 is 1.53 bits per heavy atom. The molecule has 0 bridgehead atoms. The number of rotatable bonds is 4. The Bertz CT molecular complexity index is 263. The van der Waals surface area contributed by atoms with Crippen LogP contribution in [0.25, 0.3) is 0 Å². The van der Waals surface area contributed by atoms with Crippen LogP contribution in [0.4, 0.5) is 0 Å². The van der Waals surface area contributed by atoms with Crippen molar-refractivity contribution in [3.63, 3.8) is 0 Å². The smallest absolute Gasteiger partial charge is 0.326 e. The molecule has 1 saturated heterocycles. The highest BCUT2D eigenvalue weighted by Crippen LogP contribution is 2.26. The molecule has 4 heteroatoms. The standard InChI is InChI=1S/C11H19NO3/c1-7(2)6-9-4-5-12(10(9)13)8(3)11(14)15/h7-9H,4-6H2,1-3H3,(H,14,15). The molecule has 1 N–H and O–H groups in total. The molecule has 0 spiro atoms. The first-order valence-electron chi connectivity index (χ1n) is 5.46. The van der Waals surface area contributed by atoms with Crippen LogP contribution in [0.15, 0.2) is 0 Å². The minimum absolute atomic E-state index is 0.0126. The van der Waals surface area contributed by atoms with Crippen LogP contribution in [-0.2, 0) is 9.59 Å². The van der Waals surface area contributed by atoms with Gasteiger partial charge in [-0.15, -0.1) is 0 Å². The van der Waals surface area contributed by atoms with Gasteiger partial charge in [0, 0.05) is 12.5 Å². The highest BCUT2D eigenvalue weighted by Gasteiger charge is 2.36. The summed E-state index contributed by atoms with van der Waals surface area (Å²) in [5.41, 5.74) is 0. The number of hydrogen-bond acceptors (Lipinski definition) is 2. The van der Waals surface area contributed by atoms with E-state index < -0.39 is 12.0 Å². The number of hydrogen-bond donors (Lipinski definition) is 1. The fraction of sp³-hybridized carbons (Fsp3) is 0.818. The van der Waals surface area contributed by atoms with Crippen molar-refractivity contribution in [3.05, 3.63) is 0 Å². The summed E-state index contributed by atoms with van der Waals surface area (Å²) in [7, 11) is 0. The average molecular weight is 213 g/mol. The van der Waals surface area contributed by atoms with Gasteiger partial charge in [0.25, 0.3) is 0 Å². The molecule has 1 rings (SSSR count). The monoisotopic (exact) mass is 213 g/mol. The number of amides is 1. The molecule has 1 fully saturated rings. The van der Waals surface area contributed by atoms with Crippen molar-refractivity contribution in [1.29, 1.82) is 0 Å². The number of nitrogens with zero attached hydrogens (tertiary/aromatic N) is 1. The molecule has 0 aromatic carbocycles. The number of carbonyl (C=O) groups excluding carboxylic acids is 1. The fourth-order valence-corrected chi connectivity index (χ4v) is 2.07. The van der Waals surface area contributed by atoms with Gasteiger partial charge in [-0.2, -0.15) is 0 Å². The Balaban J connectivity index is 2.60. The fourth-order valence-electron chi connectivity index (χ4n) is 2.07.